The summed E-state index contributed by atoms with van der Waals surface area (Å²) in [5.41, 5.74) is 2.14. The van der Waals surface area contributed by atoms with E-state index in [9.17, 15) is 4.79 Å². The normalized spacial score (nSPS) is 12.2. The number of aryl methyl sites for hydroxylation is 2. The third-order valence-corrected chi connectivity index (χ3v) is 3.18. The maximum Gasteiger partial charge on any atom is 0.271 e. The number of nitrogens with zero attached hydrogens (tertiary/aromatic N) is 4. The van der Waals surface area contributed by atoms with Crippen molar-refractivity contribution < 1.29 is 4.79 Å². The van der Waals surface area contributed by atoms with E-state index in [4.69, 9.17) is 0 Å². The van der Waals surface area contributed by atoms with Crippen molar-refractivity contribution in [2.24, 2.45) is 0 Å². The Morgan fingerprint density at radius 2 is 2.25 bits per heavy atom. The van der Waals surface area contributed by atoms with Crippen LogP contribution in [0.5, 0.6) is 0 Å². The molecular formula is C14H19N5O. The zero-order chi connectivity index (χ0) is 14.5. The number of aromatic nitrogens is 4. The van der Waals surface area contributed by atoms with Gasteiger partial charge >= 0.3 is 0 Å². The molecule has 6 nitrogen and oxygen atoms in total. The molecule has 0 fully saturated rings. The van der Waals surface area contributed by atoms with Gasteiger partial charge in [0, 0.05) is 30.9 Å². The van der Waals surface area contributed by atoms with E-state index >= 15 is 0 Å². The van der Waals surface area contributed by atoms with Gasteiger partial charge in [-0.15, -0.1) is 5.10 Å². The Labute approximate surface area is 118 Å². The van der Waals surface area contributed by atoms with Gasteiger partial charge in [-0.1, -0.05) is 18.2 Å². The number of nitrogens with one attached hydrogen (secondary N) is 1. The third-order valence-electron chi connectivity index (χ3n) is 3.18. The molecule has 106 valence electrons. The van der Waals surface area contributed by atoms with Gasteiger partial charge in [-0.2, -0.15) is 0 Å². The van der Waals surface area contributed by atoms with Gasteiger partial charge in [0.05, 0.1) is 5.69 Å². The first-order valence-electron chi connectivity index (χ1n) is 6.72. The summed E-state index contributed by atoms with van der Waals surface area (Å²) in [5.74, 6) is 0.0172. The molecule has 0 aliphatic carbocycles. The molecule has 6 heteroatoms. The number of hydrogen-bond donors (Lipinski definition) is 1. The van der Waals surface area contributed by atoms with Gasteiger partial charge in [-0.05, 0) is 26.0 Å². The summed E-state index contributed by atoms with van der Waals surface area (Å²) in [7, 11) is 0. The maximum absolute atomic E-state index is 12.2. The van der Waals surface area contributed by atoms with Crippen molar-refractivity contribution in [3.63, 3.8) is 0 Å². The number of carbonyl (C=O) groups is 1. The molecule has 20 heavy (non-hydrogen) atoms. The Bertz CT molecular complexity index is 579. The first kappa shape index (κ1) is 14.2. The highest BCUT2D eigenvalue weighted by Crippen LogP contribution is 2.11. The Morgan fingerprint density at radius 3 is 2.90 bits per heavy atom. The van der Waals surface area contributed by atoms with E-state index in [0.29, 0.717) is 24.5 Å². The molecule has 0 spiro atoms. The molecule has 2 rings (SSSR count). The number of carbonyl (C=O) groups excluding carboxylic acids is 1. The van der Waals surface area contributed by atoms with Crippen LogP contribution < -0.4 is 5.32 Å². The van der Waals surface area contributed by atoms with Crippen molar-refractivity contribution in [3.8, 4) is 0 Å². The van der Waals surface area contributed by atoms with Crippen LogP contribution in [0, 0.1) is 6.92 Å². The number of rotatable bonds is 5. The molecule has 0 saturated heterocycles. The standard InChI is InChI=1S/C14H19N5O/c1-4-19-13(11(3)17-18-19)14(20)16-9-10(2)12-7-5-6-8-15-12/h5-8,10H,4,9H2,1-3H3,(H,16,20)/t10-/m0/s1. The lowest BCUT2D eigenvalue weighted by Crippen LogP contribution is -2.30. The van der Waals surface area contributed by atoms with Crippen molar-refractivity contribution in [1.29, 1.82) is 0 Å². The molecule has 0 aromatic carbocycles. The van der Waals surface area contributed by atoms with Crippen LogP contribution in [0.3, 0.4) is 0 Å². The fraction of sp³-hybridized carbons (Fsp3) is 0.429. The van der Waals surface area contributed by atoms with E-state index < -0.39 is 0 Å². The summed E-state index contributed by atoms with van der Waals surface area (Å²) in [4.78, 5) is 16.5. The Balaban J connectivity index is 2.00. The van der Waals surface area contributed by atoms with Gasteiger partial charge in [-0.25, -0.2) is 4.68 Å². The summed E-state index contributed by atoms with van der Waals surface area (Å²) in [5, 5.41) is 10.8. The summed E-state index contributed by atoms with van der Waals surface area (Å²) in [6, 6.07) is 5.78. The molecule has 0 aliphatic rings. The van der Waals surface area contributed by atoms with Crippen LogP contribution in [0.25, 0.3) is 0 Å². The molecule has 0 saturated carbocycles. The zero-order valence-corrected chi connectivity index (χ0v) is 12.0. The Morgan fingerprint density at radius 1 is 1.45 bits per heavy atom. The fourth-order valence-electron chi connectivity index (χ4n) is 2.00. The quantitative estimate of drug-likeness (QED) is 0.896. The van der Waals surface area contributed by atoms with Crippen LogP contribution in [-0.4, -0.2) is 32.4 Å². The monoisotopic (exact) mass is 273 g/mol. The second-order valence-electron chi connectivity index (χ2n) is 4.70. The minimum absolute atomic E-state index is 0.142. The van der Waals surface area contributed by atoms with E-state index in [1.54, 1.807) is 17.8 Å². The molecule has 2 aromatic rings. The lowest BCUT2D eigenvalue weighted by atomic mass is 10.1. The van der Waals surface area contributed by atoms with E-state index in [0.717, 1.165) is 5.69 Å². The van der Waals surface area contributed by atoms with Gasteiger partial charge in [0.2, 0.25) is 0 Å². The van der Waals surface area contributed by atoms with Gasteiger partial charge < -0.3 is 5.32 Å². The van der Waals surface area contributed by atoms with E-state index in [2.05, 4.69) is 20.6 Å². The number of hydrogen-bond acceptors (Lipinski definition) is 4. The topological polar surface area (TPSA) is 72.7 Å². The first-order chi connectivity index (χ1) is 9.63. The maximum atomic E-state index is 12.2. The van der Waals surface area contributed by atoms with Crippen LogP contribution >= 0.6 is 0 Å². The first-order valence-corrected chi connectivity index (χ1v) is 6.72. The molecule has 1 amide bonds. The predicted molar refractivity (Wildman–Crippen MR) is 75.4 cm³/mol. The third kappa shape index (κ3) is 3.01. The van der Waals surface area contributed by atoms with Crippen LogP contribution in [0.2, 0.25) is 0 Å². The summed E-state index contributed by atoms with van der Waals surface area (Å²) >= 11 is 0. The summed E-state index contributed by atoms with van der Waals surface area (Å²) in [6.45, 7) is 6.91. The van der Waals surface area contributed by atoms with Crippen LogP contribution in [-0.2, 0) is 6.54 Å². The molecule has 0 unspecified atom stereocenters. The number of pyridine rings is 1. The van der Waals surface area contributed by atoms with Crippen LogP contribution in [0.4, 0.5) is 0 Å². The fourth-order valence-corrected chi connectivity index (χ4v) is 2.00. The molecular weight excluding hydrogens is 254 g/mol. The summed E-state index contributed by atoms with van der Waals surface area (Å²) < 4.78 is 1.61. The van der Waals surface area contributed by atoms with E-state index in [-0.39, 0.29) is 11.8 Å². The Kier molecular flexibility index (Phi) is 4.45. The molecule has 2 heterocycles. The highest BCUT2D eigenvalue weighted by molar-refractivity contribution is 5.93. The lowest BCUT2D eigenvalue weighted by molar-refractivity contribution is 0.0940. The molecule has 0 aliphatic heterocycles. The van der Waals surface area contributed by atoms with Gasteiger partial charge in [0.25, 0.3) is 5.91 Å². The predicted octanol–water partition coefficient (Wildman–Crippen LogP) is 1.53. The van der Waals surface area contributed by atoms with E-state index in [1.807, 2.05) is 32.0 Å². The molecule has 1 N–H and O–H groups in total. The lowest BCUT2D eigenvalue weighted by Gasteiger charge is -2.12. The van der Waals surface area contributed by atoms with Crippen molar-refractivity contribution in [2.45, 2.75) is 33.2 Å². The van der Waals surface area contributed by atoms with E-state index in [1.165, 1.54) is 0 Å². The van der Waals surface area contributed by atoms with Crippen molar-refractivity contribution >= 4 is 5.91 Å². The molecule has 2 aromatic heterocycles. The minimum atomic E-state index is -0.142. The van der Waals surface area contributed by atoms with Crippen molar-refractivity contribution in [2.75, 3.05) is 6.54 Å². The van der Waals surface area contributed by atoms with Crippen LogP contribution in [0.15, 0.2) is 24.4 Å². The molecule has 1 atom stereocenters. The molecule has 0 radical (unpaired) electrons. The largest absolute Gasteiger partial charge is 0.350 e. The Hall–Kier alpha value is -2.24. The van der Waals surface area contributed by atoms with Gasteiger partial charge in [-0.3, -0.25) is 9.78 Å². The van der Waals surface area contributed by atoms with Crippen molar-refractivity contribution in [1.82, 2.24) is 25.3 Å². The molecule has 0 bridgehead atoms. The van der Waals surface area contributed by atoms with Gasteiger partial charge in [0.15, 0.2) is 0 Å². The van der Waals surface area contributed by atoms with Gasteiger partial charge in [0.1, 0.15) is 5.69 Å². The number of amides is 1. The van der Waals surface area contributed by atoms with Crippen molar-refractivity contribution in [3.05, 3.63) is 41.5 Å². The zero-order valence-electron chi connectivity index (χ0n) is 12.0. The minimum Gasteiger partial charge on any atom is -0.350 e. The average molecular weight is 273 g/mol. The SMILES string of the molecule is CCn1nnc(C)c1C(=O)NC[C@H](C)c1ccccn1. The van der Waals surface area contributed by atoms with Crippen LogP contribution in [0.1, 0.15) is 41.6 Å². The highest BCUT2D eigenvalue weighted by atomic mass is 16.2. The highest BCUT2D eigenvalue weighted by Gasteiger charge is 2.17. The summed E-state index contributed by atoms with van der Waals surface area (Å²) in [6.07, 6.45) is 1.76. The second-order valence-corrected chi connectivity index (χ2v) is 4.70. The average Bonchev–Trinajstić information content (AvgIpc) is 2.86. The second kappa shape index (κ2) is 6.27. The smallest absolute Gasteiger partial charge is 0.271 e.